The fourth-order valence-corrected chi connectivity index (χ4v) is 2.94. The van der Waals surface area contributed by atoms with Gasteiger partial charge in [0.15, 0.2) is 5.69 Å². The predicted octanol–water partition coefficient (Wildman–Crippen LogP) is 1.42. The first-order valence-electron chi connectivity index (χ1n) is 7.88. The van der Waals surface area contributed by atoms with Crippen LogP contribution in [0.1, 0.15) is 18.5 Å². The summed E-state index contributed by atoms with van der Waals surface area (Å²) in [6.45, 7) is 2.75. The number of aromatic nitrogens is 4. The molecular weight excluding hydrogens is 325 g/mol. The number of hydrogen-bond acceptors (Lipinski definition) is 6. The lowest BCUT2D eigenvalue weighted by atomic mass is 10.2. The number of anilines is 1. The Kier molecular flexibility index (Phi) is 3.80. The molecule has 2 aromatic heterocycles. The molecule has 2 fully saturated rings. The van der Waals surface area contributed by atoms with Crippen molar-refractivity contribution < 1.29 is 17.9 Å². The standard InChI is InChI=1S/C14H17F3N6O/c15-14(16,17)11-5-12(23-13(21-11)19-8-20-23)18-6-10-7-22(3-4-24-10)9-1-2-9/h5,8-10,18H,1-4,6-7H2. The normalized spacial score (nSPS) is 22.9. The molecule has 0 radical (unpaired) electrons. The number of alkyl halides is 3. The van der Waals surface area contributed by atoms with Crippen molar-refractivity contribution in [2.45, 2.75) is 31.2 Å². The van der Waals surface area contributed by atoms with Crippen LogP contribution < -0.4 is 5.32 Å². The zero-order chi connectivity index (χ0) is 16.7. The van der Waals surface area contributed by atoms with Gasteiger partial charge in [0.2, 0.25) is 0 Å². The van der Waals surface area contributed by atoms with E-state index in [1.807, 2.05) is 0 Å². The van der Waals surface area contributed by atoms with E-state index in [4.69, 9.17) is 4.74 Å². The van der Waals surface area contributed by atoms with E-state index in [9.17, 15) is 13.2 Å². The quantitative estimate of drug-likeness (QED) is 0.906. The van der Waals surface area contributed by atoms with Gasteiger partial charge in [-0.15, -0.1) is 0 Å². The van der Waals surface area contributed by atoms with Crippen molar-refractivity contribution >= 4 is 11.6 Å². The van der Waals surface area contributed by atoms with E-state index < -0.39 is 11.9 Å². The minimum Gasteiger partial charge on any atom is -0.374 e. The molecule has 0 aromatic carbocycles. The molecule has 24 heavy (non-hydrogen) atoms. The zero-order valence-corrected chi connectivity index (χ0v) is 12.8. The monoisotopic (exact) mass is 342 g/mol. The van der Waals surface area contributed by atoms with Crippen molar-refractivity contribution in [3.05, 3.63) is 18.1 Å². The van der Waals surface area contributed by atoms with Gasteiger partial charge in [0, 0.05) is 31.7 Å². The number of rotatable bonds is 4. The average Bonchev–Trinajstić information content (AvgIpc) is 3.29. The Bertz CT molecular complexity index is 729. The van der Waals surface area contributed by atoms with Crippen LogP contribution in [-0.2, 0) is 10.9 Å². The first-order chi connectivity index (χ1) is 11.5. The minimum atomic E-state index is -4.53. The molecule has 4 rings (SSSR count). The fraction of sp³-hybridized carbons (Fsp3) is 0.643. The van der Waals surface area contributed by atoms with Crippen LogP contribution in [0.3, 0.4) is 0 Å². The molecule has 1 N–H and O–H groups in total. The molecule has 0 amide bonds. The SMILES string of the molecule is FC(F)(F)c1cc(NCC2CN(C3CC3)CCO2)n2ncnc2n1. The summed E-state index contributed by atoms with van der Waals surface area (Å²) >= 11 is 0. The predicted molar refractivity (Wildman–Crippen MR) is 78.6 cm³/mol. The van der Waals surface area contributed by atoms with E-state index in [0.29, 0.717) is 19.2 Å². The maximum atomic E-state index is 13.0. The molecule has 0 bridgehead atoms. The van der Waals surface area contributed by atoms with Gasteiger partial charge in [-0.2, -0.15) is 27.8 Å². The zero-order valence-electron chi connectivity index (χ0n) is 12.8. The van der Waals surface area contributed by atoms with Gasteiger partial charge in [0.25, 0.3) is 5.78 Å². The van der Waals surface area contributed by atoms with Crippen LogP contribution >= 0.6 is 0 Å². The molecule has 2 aromatic rings. The highest BCUT2D eigenvalue weighted by Gasteiger charge is 2.35. The first-order valence-corrected chi connectivity index (χ1v) is 7.88. The summed E-state index contributed by atoms with van der Waals surface area (Å²) in [7, 11) is 0. The second-order valence-electron chi connectivity index (χ2n) is 6.10. The van der Waals surface area contributed by atoms with E-state index in [2.05, 4.69) is 25.3 Å². The molecule has 7 nitrogen and oxygen atoms in total. The van der Waals surface area contributed by atoms with Crippen molar-refractivity contribution in [2.75, 3.05) is 31.6 Å². The second kappa shape index (κ2) is 5.85. The number of halogens is 3. The molecule has 1 aliphatic carbocycles. The molecular formula is C14H17F3N6O. The maximum absolute atomic E-state index is 13.0. The first kappa shape index (κ1) is 15.6. The second-order valence-corrected chi connectivity index (χ2v) is 6.10. The largest absolute Gasteiger partial charge is 0.433 e. The Labute approximate surface area is 135 Å². The average molecular weight is 342 g/mol. The van der Waals surface area contributed by atoms with Crippen molar-refractivity contribution in [1.29, 1.82) is 0 Å². The third kappa shape index (κ3) is 3.16. The Morgan fingerprint density at radius 2 is 2.17 bits per heavy atom. The number of fused-ring (bicyclic) bond motifs is 1. The molecule has 1 unspecified atom stereocenters. The lowest BCUT2D eigenvalue weighted by molar-refractivity contribution is -0.141. The van der Waals surface area contributed by atoms with Gasteiger partial charge in [-0.05, 0) is 12.8 Å². The fourth-order valence-electron chi connectivity index (χ4n) is 2.94. The highest BCUT2D eigenvalue weighted by Crippen LogP contribution is 2.30. The molecule has 3 heterocycles. The molecule has 1 aliphatic heterocycles. The highest BCUT2D eigenvalue weighted by atomic mass is 19.4. The van der Waals surface area contributed by atoms with Crippen molar-refractivity contribution in [1.82, 2.24) is 24.5 Å². The highest BCUT2D eigenvalue weighted by molar-refractivity contribution is 5.45. The van der Waals surface area contributed by atoms with E-state index in [1.165, 1.54) is 23.7 Å². The summed E-state index contributed by atoms with van der Waals surface area (Å²) < 4.78 is 45.9. The van der Waals surface area contributed by atoms with Crippen molar-refractivity contribution in [3.63, 3.8) is 0 Å². The van der Waals surface area contributed by atoms with Gasteiger partial charge in [-0.1, -0.05) is 0 Å². The number of ether oxygens (including phenoxy) is 1. The summed E-state index contributed by atoms with van der Waals surface area (Å²) in [6.07, 6.45) is -0.980. The molecule has 1 saturated carbocycles. The molecule has 10 heteroatoms. The van der Waals surface area contributed by atoms with Crippen LogP contribution in [0.25, 0.3) is 5.78 Å². The minimum absolute atomic E-state index is 0.0691. The van der Waals surface area contributed by atoms with E-state index in [-0.39, 0.29) is 17.7 Å². The third-order valence-corrected chi connectivity index (χ3v) is 4.29. The molecule has 1 atom stereocenters. The molecule has 1 saturated heterocycles. The van der Waals surface area contributed by atoms with E-state index in [1.54, 1.807) is 0 Å². The lowest BCUT2D eigenvalue weighted by Crippen LogP contribution is -2.46. The van der Waals surface area contributed by atoms with Crippen LogP contribution in [-0.4, -0.2) is 62.9 Å². The summed E-state index contributed by atoms with van der Waals surface area (Å²) in [6, 6.07) is 1.60. The van der Waals surface area contributed by atoms with Gasteiger partial charge in [0.05, 0.1) is 12.7 Å². The maximum Gasteiger partial charge on any atom is 0.433 e. The Balaban J connectivity index is 1.50. The molecule has 2 aliphatic rings. The summed E-state index contributed by atoms with van der Waals surface area (Å²) in [5.74, 6) is 0.119. The van der Waals surface area contributed by atoms with Crippen LogP contribution in [0.2, 0.25) is 0 Å². The smallest absolute Gasteiger partial charge is 0.374 e. The Hall–Kier alpha value is -1.94. The van der Waals surface area contributed by atoms with Crippen LogP contribution in [0.5, 0.6) is 0 Å². The van der Waals surface area contributed by atoms with Gasteiger partial charge in [-0.3, -0.25) is 4.90 Å². The molecule has 130 valence electrons. The topological polar surface area (TPSA) is 67.6 Å². The van der Waals surface area contributed by atoms with Gasteiger partial charge < -0.3 is 10.1 Å². The number of morpholine rings is 1. The van der Waals surface area contributed by atoms with Gasteiger partial charge in [-0.25, -0.2) is 4.98 Å². The van der Waals surface area contributed by atoms with E-state index >= 15 is 0 Å². The summed E-state index contributed by atoms with van der Waals surface area (Å²) in [4.78, 5) is 9.63. The summed E-state index contributed by atoms with van der Waals surface area (Å²) in [5.41, 5.74) is -0.991. The van der Waals surface area contributed by atoms with Crippen molar-refractivity contribution in [3.8, 4) is 0 Å². The Morgan fingerprint density at radius 3 is 2.92 bits per heavy atom. The number of nitrogens with one attached hydrogen (secondary N) is 1. The third-order valence-electron chi connectivity index (χ3n) is 4.29. The van der Waals surface area contributed by atoms with Crippen LogP contribution in [0, 0.1) is 0 Å². The van der Waals surface area contributed by atoms with Crippen LogP contribution in [0.4, 0.5) is 19.0 Å². The van der Waals surface area contributed by atoms with Crippen LogP contribution in [0.15, 0.2) is 12.4 Å². The lowest BCUT2D eigenvalue weighted by Gasteiger charge is -2.33. The Morgan fingerprint density at radius 1 is 1.33 bits per heavy atom. The summed E-state index contributed by atoms with van der Waals surface area (Å²) in [5, 5.41) is 6.93. The number of hydrogen-bond donors (Lipinski definition) is 1. The number of nitrogens with zero attached hydrogens (tertiary/aromatic N) is 5. The van der Waals surface area contributed by atoms with Gasteiger partial charge >= 0.3 is 6.18 Å². The molecule has 0 spiro atoms. The van der Waals surface area contributed by atoms with Crippen molar-refractivity contribution in [2.24, 2.45) is 0 Å². The van der Waals surface area contributed by atoms with Gasteiger partial charge in [0.1, 0.15) is 12.1 Å². The van der Waals surface area contributed by atoms with E-state index in [0.717, 1.165) is 19.2 Å².